The molecule has 0 atom stereocenters. The number of carbonyl (C=O) groups excluding carboxylic acids is 1. The lowest BCUT2D eigenvalue weighted by Gasteiger charge is -2.41. The standard InChI is InChI=1S/C14H18BrNO/c1-10(2)16-13(17)14(8-3-9-14)11-4-6-12(15)7-5-11/h4-7,10H,3,8-9H2,1-2H3,(H,16,17). The zero-order valence-electron chi connectivity index (χ0n) is 10.3. The van der Waals surface area contributed by atoms with Crippen molar-refractivity contribution in [3.63, 3.8) is 0 Å². The van der Waals surface area contributed by atoms with Crippen molar-refractivity contribution in [2.24, 2.45) is 0 Å². The minimum atomic E-state index is -0.273. The van der Waals surface area contributed by atoms with Crippen molar-refractivity contribution in [3.8, 4) is 0 Å². The van der Waals surface area contributed by atoms with Gasteiger partial charge in [0.25, 0.3) is 0 Å². The van der Waals surface area contributed by atoms with Gasteiger partial charge in [-0.3, -0.25) is 4.79 Å². The summed E-state index contributed by atoms with van der Waals surface area (Å²) >= 11 is 3.43. The largest absolute Gasteiger partial charge is 0.353 e. The average Bonchev–Trinajstić information content (AvgIpc) is 2.18. The second kappa shape index (κ2) is 4.81. The van der Waals surface area contributed by atoms with E-state index in [0.29, 0.717) is 0 Å². The number of carbonyl (C=O) groups is 1. The molecule has 1 amide bonds. The van der Waals surface area contributed by atoms with Crippen molar-refractivity contribution in [2.75, 3.05) is 0 Å². The minimum Gasteiger partial charge on any atom is -0.353 e. The third-order valence-electron chi connectivity index (χ3n) is 3.46. The molecule has 0 unspecified atom stereocenters. The van der Waals surface area contributed by atoms with Crippen LogP contribution in [0, 0.1) is 0 Å². The van der Waals surface area contributed by atoms with Gasteiger partial charge in [-0.2, -0.15) is 0 Å². The molecule has 1 fully saturated rings. The summed E-state index contributed by atoms with van der Waals surface area (Å²) in [6.45, 7) is 4.01. The second-order valence-electron chi connectivity index (χ2n) is 5.07. The monoisotopic (exact) mass is 295 g/mol. The molecule has 0 aromatic heterocycles. The first-order valence-corrected chi connectivity index (χ1v) is 6.91. The summed E-state index contributed by atoms with van der Waals surface area (Å²) in [4.78, 5) is 12.3. The number of rotatable bonds is 3. The Balaban J connectivity index is 2.25. The number of benzene rings is 1. The van der Waals surface area contributed by atoms with Crippen LogP contribution in [0.2, 0.25) is 0 Å². The van der Waals surface area contributed by atoms with Crippen LogP contribution in [0.3, 0.4) is 0 Å². The van der Waals surface area contributed by atoms with Gasteiger partial charge in [-0.05, 0) is 44.4 Å². The van der Waals surface area contributed by atoms with Crippen LogP contribution in [-0.2, 0) is 10.2 Å². The molecule has 0 radical (unpaired) electrons. The number of amides is 1. The number of halogens is 1. The highest BCUT2D eigenvalue weighted by Gasteiger charge is 2.45. The molecule has 0 saturated heterocycles. The molecule has 1 aliphatic carbocycles. The van der Waals surface area contributed by atoms with E-state index >= 15 is 0 Å². The van der Waals surface area contributed by atoms with Crippen LogP contribution in [0.5, 0.6) is 0 Å². The van der Waals surface area contributed by atoms with Crippen LogP contribution in [-0.4, -0.2) is 11.9 Å². The Morgan fingerprint density at radius 1 is 1.29 bits per heavy atom. The molecule has 92 valence electrons. The lowest BCUT2D eigenvalue weighted by Crippen LogP contribution is -2.50. The van der Waals surface area contributed by atoms with Crippen molar-refractivity contribution in [1.29, 1.82) is 0 Å². The molecular weight excluding hydrogens is 278 g/mol. The first kappa shape index (κ1) is 12.6. The van der Waals surface area contributed by atoms with E-state index in [9.17, 15) is 4.79 Å². The van der Waals surface area contributed by atoms with Gasteiger partial charge >= 0.3 is 0 Å². The topological polar surface area (TPSA) is 29.1 Å². The van der Waals surface area contributed by atoms with Gasteiger partial charge in [-0.1, -0.05) is 34.5 Å². The van der Waals surface area contributed by atoms with E-state index in [0.717, 1.165) is 29.3 Å². The van der Waals surface area contributed by atoms with E-state index < -0.39 is 0 Å². The molecule has 0 bridgehead atoms. The molecule has 17 heavy (non-hydrogen) atoms. The first-order chi connectivity index (χ1) is 8.04. The van der Waals surface area contributed by atoms with Gasteiger partial charge in [0.1, 0.15) is 0 Å². The number of nitrogens with one attached hydrogen (secondary N) is 1. The smallest absolute Gasteiger partial charge is 0.230 e. The van der Waals surface area contributed by atoms with E-state index in [-0.39, 0.29) is 17.4 Å². The Kier molecular flexibility index (Phi) is 3.57. The molecule has 0 heterocycles. The van der Waals surface area contributed by atoms with Crippen molar-refractivity contribution >= 4 is 21.8 Å². The third kappa shape index (κ3) is 2.39. The van der Waals surface area contributed by atoms with Crippen LogP contribution in [0.1, 0.15) is 38.7 Å². The van der Waals surface area contributed by atoms with E-state index in [4.69, 9.17) is 0 Å². The molecule has 1 saturated carbocycles. The minimum absolute atomic E-state index is 0.182. The summed E-state index contributed by atoms with van der Waals surface area (Å²) in [6, 6.07) is 8.35. The van der Waals surface area contributed by atoms with Crippen molar-refractivity contribution in [3.05, 3.63) is 34.3 Å². The Morgan fingerprint density at radius 3 is 2.29 bits per heavy atom. The summed E-state index contributed by atoms with van der Waals surface area (Å²) in [6.07, 6.45) is 3.07. The van der Waals surface area contributed by atoms with Gasteiger partial charge in [-0.25, -0.2) is 0 Å². The summed E-state index contributed by atoms with van der Waals surface area (Å²) in [5, 5.41) is 3.05. The van der Waals surface area contributed by atoms with Gasteiger partial charge in [0.05, 0.1) is 5.41 Å². The van der Waals surface area contributed by atoms with Crippen molar-refractivity contribution in [2.45, 2.75) is 44.6 Å². The highest BCUT2D eigenvalue weighted by Crippen LogP contribution is 2.44. The van der Waals surface area contributed by atoms with E-state index in [1.165, 1.54) is 0 Å². The lowest BCUT2D eigenvalue weighted by atomic mass is 9.63. The normalized spacial score (nSPS) is 17.6. The van der Waals surface area contributed by atoms with Crippen LogP contribution < -0.4 is 5.32 Å². The van der Waals surface area contributed by atoms with Crippen molar-refractivity contribution < 1.29 is 4.79 Å². The lowest BCUT2D eigenvalue weighted by molar-refractivity contribution is -0.130. The first-order valence-electron chi connectivity index (χ1n) is 6.11. The molecular formula is C14H18BrNO. The SMILES string of the molecule is CC(C)NC(=O)C1(c2ccc(Br)cc2)CCC1. The molecule has 1 aliphatic rings. The van der Waals surface area contributed by atoms with E-state index in [2.05, 4.69) is 33.4 Å². The summed E-state index contributed by atoms with van der Waals surface area (Å²) in [5.41, 5.74) is 0.871. The molecule has 3 heteroatoms. The van der Waals surface area contributed by atoms with Crippen molar-refractivity contribution in [1.82, 2.24) is 5.32 Å². The predicted octanol–water partition coefficient (Wildman–Crippen LogP) is 3.40. The van der Waals surface area contributed by atoms with E-state index in [1.807, 2.05) is 26.0 Å². The third-order valence-corrected chi connectivity index (χ3v) is 3.99. The summed E-state index contributed by atoms with van der Waals surface area (Å²) in [5.74, 6) is 0.182. The zero-order valence-corrected chi connectivity index (χ0v) is 11.9. The Labute approximate surface area is 111 Å². The molecule has 1 aromatic carbocycles. The maximum absolute atomic E-state index is 12.3. The van der Waals surface area contributed by atoms with Gasteiger partial charge in [-0.15, -0.1) is 0 Å². The van der Waals surface area contributed by atoms with Gasteiger partial charge in [0, 0.05) is 10.5 Å². The fraction of sp³-hybridized carbons (Fsp3) is 0.500. The van der Waals surface area contributed by atoms with Gasteiger partial charge in [0.2, 0.25) is 5.91 Å². The zero-order chi connectivity index (χ0) is 12.5. The fourth-order valence-electron chi connectivity index (χ4n) is 2.35. The van der Waals surface area contributed by atoms with Crippen LogP contribution in [0.25, 0.3) is 0 Å². The molecule has 0 spiro atoms. The van der Waals surface area contributed by atoms with Crippen LogP contribution in [0.15, 0.2) is 28.7 Å². The maximum Gasteiger partial charge on any atom is 0.230 e. The molecule has 2 nitrogen and oxygen atoms in total. The number of hydrogen-bond acceptors (Lipinski definition) is 1. The maximum atomic E-state index is 12.3. The Hall–Kier alpha value is -0.830. The Morgan fingerprint density at radius 2 is 1.88 bits per heavy atom. The summed E-state index contributed by atoms with van der Waals surface area (Å²) in [7, 11) is 0. The van der Waals surface area contributed by atoms with Gasteiger partial charge < -0.3 is 5.32 Å². The second-order valence-corrected chi connectivity index (χ2v) is 5.99. The number of hydrogen-bond donors (Lipinski definition) is 1. The highest BCUT2D eigenvalue weighted by atomic mass is 79.9. The average molecular weight is 296 g/mol. The van der Waals surface area contributed by atoms with Crippen LogP contribution in [0.4, 0.5) is 0 Å². The molecule has 2 rings (SSSR count). The highest BCUT2D eigenvalue weighted by molar-refractivity contribution is 9.10. The fourth-order valence-corrected chi connectivity index (χ4v) is 2.61. The predicted molar refractivity (Wildman–Crippen MR) is 72.9 cm³/mol. The quantitative estimate of drug-likeness (QED) is 0.910. The van der Waals surface area contributed by atoms with Gasteiger partial charge in [0.15, 0.2) is 0 Å². The Bertz CT molecular complexity index is 407. The van der Waals surface area contributed by atoms with Crippen LogP contribution >= 0.6 is 15.9 Å². The summed E-state index contributed by atoms with van der Waals surface area (Å²) < 4.78 is 1.06. The molecule has 0 aliphatic heterocycles. The molecule has 1 N–H and O–H groups in total. The van der Waals surface area contributed by atoms with E-state index in [1.54, 1.807) is 0 Å². The molecule has 1 aromatic rings.